The Labute approximate surface area is 179 Å². The maximum absolute atomic E-state index is 12.4. The van der Waals surface area contributed by atoms with Gasteiger partial charge in [-0.2, -0.15) is 0 Å². The first-order valence-corrected chi connectivity index (χ1v) is 10.3. The van der Waals surface area contributed by atoms with Crippen LogP contribution in [0.25, 0.3) is 0 Å². The first-order valence-electron chi connectivity index (χ1n) is 10.3. The van der Waals surface area contributed by atoms with Crippen LogP contribution < -0.4 is 15.4 Å². The van der Waals surface area contributed by atoms with Crippen molar-refractivity contribution in [1.82, 2.24) is 10.2 Å². The number of hydrogen-bond acceptors (Lipinski definition) is 4. The summed E-state index contributed by atoms with van der Waals surface area (Å²) in [5.74, 6) is 0.981. The fourth-order valence-corrected chi connectivity index (χ4v) is 3.23. The number of benzene rings is 2. The zero-order valence-electron chi connectivity index (χ0n) is 18.6. The van der Waals surface area contributed by atoms with Gasteiger partial charge in [0.05, 0.1) is 26.2 Å². The first kappa shape index (κ1) is 23.4. The zero-order valence-corrected chi connectivity index (χ0v) is 18.6. The number of hydrogen-bond donors (Lipinski definition) is 2. The Morgan fingerprint density at radius 2 is 1.67 bits per heavy atom. The van der Waals surface area contributed by atoms with Crippen molar-refractivity contribution in [3.8, 4) is 5.75 Å². The van der Waals surface area contributed by atoms with Crippen LogP contribution >= 0.6 is 0 Å². The molecule has 0 heterocycles. The molecule has 0 aliphatic carbocycles. The van der Waals surface area contributed by atoms with Gasteiger partial charge in [0.1, 0.15) is 5.75 Å². The molecule has 0 aliphatic rings. The van der Waals surface area contributed by atoms with Gasteiger partial charge in [0.15, 0.2) is 0 Å². The number of amides is 2. The topological polar surface area (TPSA) is 70.7 Å². The molecule has 0 saturated heterocycles. The third-order valence-corrected chi connectivity index (χ3v) is 4.68. The molecule has 30 heavy (non-hydrogen) atoms. The predicted molar refractivity (Wildman–Crippen MR) is 121 cm³/mol. The lowest BCUT2D eigenvalue weighted by Gasteiger charge is -2.19. The largest absolute Gasteiger partial charge is 0.497 e. The summed E-state index contributed by atoms with van der Waals surface area (Å²) in [6, 6.07) is 15.4. The van der Waals surface area contributed by atoms with Crippen LogP contribution in [0.3, 0.4) is 0 Å². The highest BCUT2D eigenvalue weighted by molar-refractivity contribution is 5.92. The highest BCUT2D eigenvalue weighted by atomic mass is 16.5. The van der Waals surface area contributed by atoms with Crippen LogP contribution in [0.4, 0.5) is 5.69 Å². The van der Waals surface area contributed by atoms with Crippen molar-refractivity contribution in [2.45, 2.75) is 33.2 Å². The Morgan fingerprint density at radius 3 is 2.30 bits per heavy atom. The molecule has 0 spiro atoms. The second-order valence-electron chi connectivity index (χ2n) is 8.08. The van der Waals surface area contributed by atoms with E-state index in [-0.39, 0.29) is 30.9 Å². The number of nitrogens with one attached hydrogen (secondary N) is 2. The van der Waals surface area contributed by atoms with E-state index in [9.17, 15) is 9.59 Å². The van der Waals surface area contributed by atoms with E-state index in [0.29, 0.717) is 17.4 Å². The lowest BCUT2D eigenvalue weighted by Crippen LogP contribution is -2.39. The van der Waals surface area contributed by atoms with E-state index >= 15 is 0 Å². The normalized spacial score (nSPS) is 12.0. The fourth-order valence-electron chi connectivity index (χ4n) is 3.23. The quantitative estimate of drug-likeness (QED) is 0.626. The average Bonchev–Trinajstić information content (AvgIpc) is 2.67. The lowest BCUT2D eigenvalue weighted by molar-refractivity contribution is -0.123. The van der Waals surface area contributed by atoms with Gasteiger partial charge in [0.2, 0.25) is 11.8 Å². The molecule has 0 saturated carbocycles. The van der Waals surface area contributed by atoms with Gasteiger partial charge in [-0.3, -0.25) is 14.5 Å². The molecule has 0 radical (unpaired) electrons. The van der Waals surface area contributed by atoms with Gasteiger partial charge in [-0.05, 0) is 49.6 Å². The molecular weight excluding hydrogens is 378 g/mol. The van der Waals surface area contributed by atoms with Gasteiger partial charge in [0.25, 0.3) is 0 Å². The van der Waals surface area contributed by atoms with Crippen LogP contribution in [-0.4, -0.2) is 44.0 Å². The van der Waals surface area contributed by atoms with Gasteiger partial charge >= 0.3 is 0 Å². The van der Waals surface area contributed by atoms with E-state index < -0.39 is 0 Å². The fraction of sp³-hybridized carbons (Fsp3) is 0.417. The number of methoxy groups -OCH3 is 1. The summed E-state index contributed by atoms with van der Waals surface area (Å²) in [5.41, 5.74) is 3.02. The molecule has 0 fully saturated rings. The van der Waals surface area contributed by atoms with Gasteiger partial charge in [-0.25, -0.2) is 0 Å². The molecule has 6 heteroatoms. The molecule has 1 unspecified atom stereocenters. The maximum atomic E-state index is 12.4. The lowest BCUT2D eigenvalue weighted by atomic mass is 10.00. The van der Waals surface area contributed by atoms with Gasteiger partial charge in [-0.15, -0.1) is 0 Å². The van der Waals surface area contributed by atoms with Crippen molar-refractivity contribution in [3.05, 3.63) is 59.7 Å². The van der Waals surface area contributed by atoms with Crippen molar-refractivity contribution >= 4 is 17.5 Å². The predicted octanol–water partition coefficient (Wildman–Crippen LogP) is 3.64. The molecular formula is C24H33N3O3. The minimum Gasteiger partial charge on any atom is -0.497 e. The first-order chi connectivity index (χ1) is 14.3. The smallest absolute Gasteiger partial charge is 0.238 e. The summed E-state index contributed by atoms with van der Waals surface area (Å²) in [6.45, 7) is 6.61. The molecule has 2 N–H and O–H groups in total. The van der Waals surface area contributed by atoms with Crippen LogP contribution in [0.15, 0.2) is 48.5 Å². The maximum Gasteiger partial charge on any atom is 0.238 e. The molecule has 0 bridgehead atoms. The van der Waals surface area contributed by atoms with Crippen molar-refractivity contribution in [1.29, 1.82) is 0 Å². The van der Waals surface area contributed by atoms with Crippen LogP contribution in [0.1, 0.15) is 37.9 Å². The molecule has 2 aromatic rings. The van der Waals surface area contributed by atoms with Gasteiger partial charge in [0, 0.05) is 11.8 Å². The van der Waals surface area contributed by atoms with E-state index in [1.807, 2.05) is 19.1 Å². The summed E-state index contributed by atoms with van der Waals surface area (Å²) in [5, 5.41) is 5.81. The van der Waals surface area contributed by atoms with E-state index in [0.717, 1.165) is 12.0 Å². The van der Waals surface area contributed by atoms with E-state index in [1.54, 1.807) is 31.2 Å². The van der Waals surface area contributed by atoms with Gasteiger partial charge < -0.3 is 15.4 Å². The molecule has 1 atom stereocenters. The van der Waals surface area contributed by atoms with Crippen molar-refractivity contribution < 1.29 is 14.3 Å². The third kappa shape index (κ3) is 7.87. The van der Waals surface area contributed by atoms with Crippen molar-refractivity contribution in [2.75, 3.05) is 32.6 Å². The summed E-state index contributed by atoms with van der Waals surface area (Å²) >= 11 is 0. The molecule has 6 nitrogen and oxygen atoms in total. The molecule has 0 aliphatic heterocycles. The van der Waals surface area contributed by atoms with Crippen LogP contribution in [-0.2, 0) is 16.0 Å². The Kier molecular flexibility index (Phi) is 8.87. The number of anilines is 1. The van der Waals surface area contributed by atoms with Crippen molar-refractivity contribution in [2.24, 2.45) is 5.92 Å². The van der Waals surface area contributed by atoms with E-state index in [4.69, 9.17) is 4.74 Å². The standard InChI is InChI=1S/C24H33N3O3/c1-17(2)13-19-9-11-20(12-10-19)18(3)25-23(28)15-27(4)16-24(29)26-21-7-6-8-22(14-21)30-5/h6-12,14,17-18H,13,15-16H2,1-5H3,(H,25,28)(H,26,29). The summed E-state index contributed by atoms with van der Waals surface area (Å²) in [7, 11) is 3.32. The third-order valence-electron chi connectivity index (χ3n) is 4.68. The number of ether oxygens (including phenoxy) is 1. The highest BCUT2D eigenvalue weighted by Crippen LogP contribution is 2.17. The van der Waals surface area contributed by atoms with Crippen molar-refractivity contribution in [3.63, 3.8) is 0 Å². The highest BCUT2D eigenvalue weighted by Gasteiger charge is 2.14. The van der Waals surface area contributed by atoms with Crippen LogP contribution in [0.5, 0.6) is 5.75 Å². The number of carbonyl (C=O) groups excluding carboxylic acids is 2. The number of likely N-dealkylation sites (N-methyl/N-ethyl adjacent to an activating group) is 1. The van der Waals surface area contributed by atoms with Gasteiger partial charge in [-0.1, -0.05) is 44.2 Å². The second kappa shape index (κ2) is 11.4. The zero-order chi connectivity index (χ0) is 22.1. The average molecular weight is 412 g/mol. The van der Waals surface area contributed by atoms with E-state index in [1.165, 1.54) is 5.56 Å². The second-order valence-corrected chi connectivity index (χ2v) is 8.08. The summed E-state index contributed by atoms with van der Waals surface area (Å²) in [4.78, 5) is 26.3. The molecule has 2 rings (SSSR count). The Morgan fingerprint density at radius 1 is 1.00 bits per heavy atom. The molecule has 2 amide bonds. The minimum atomic E-state index is -0.188. The number of nitrogens with zero attached hydrogens (tertiary/aromatic N) is 1. The molecule has 0 aromatic heterocycles. The molecule has 162 valence electrons. The molecule has 2 aromatic carbocycles. The van der Waals surface area contributed by atoms with Crippen LogP contribution in [0, 0.1) is 5.92 Å². The Bertz CT molecular complexity index is 834. The van der Waals surface area contributed by atoms with E-state index in [2.05, 4.69) is 48.7 Å². The number of rotatable bonds is 10. The monoisotopic (exact) mass is 411 g/mol. The SMILES string of the molecule is COc1cccc(NC(=O)CN(C)CC(=O)NC(C)c2ccc(CC(C)C)cc2)c1. The Balaban J connectivity index is 1.79. The van der Waals surface area contributed by atoms with Crippen LogP contribution in [0.2, 0.25) is 0 Å². The summed E-state index contributed by atoms with van der Waals surface area (Å²) in [6.07, 6.45) is 1.05. The minimum absolute atomic E-state index is 0.0930. The number of carbonyl (C=O) groups is 2. The Hall–Kier alpha value is -2.86. The summed E-state index contributed by atoms with van der Waals surface area (Å²) < 4.78 is 5.15.